The number of esters is 1. The van der Waals surface area contributed by atoms with Crippen molar-refractivity contribution in [3.05, 3.63) is 29.0 Å². The Bertz CT molecular complexity index is 537. The second-order valence-electron chi connectivity index (χ2n) is 6.05. The van der Waals surface area contributed by atoms with Gasteiger partial charge >= 0.3 is 5.97 Å². The molecule has 114 valence electrons. The van der Waals surface area contributed by atoms with Gasteiger partial charge in [-0.2, -0.15) is 0 Å². The van der Waals surface area contributed by atoms with Gasteiger partial charge in [-0.15, -0.1) is 0 Å². The van der Waals surface area contributed by atoms with Gasteiger partial charge in [0.1, 0.15) is 17.3 Å². The molecule has 1 amide bonds. The van der Waals surface area contributed by atoms with E-state index in [1.807, 2.05) is 20.8 Å². The first-order chi connectivity index (χ1) is 9.78. The van der Waals surface area contributed by atoms with Crippen LogP contribution in [0.2, 0.25) is 5.02 Å². The molecule has 1 aromatic rings. The van der Waals surface area contributed by atoms with Crippen molar-refractivity contribution >= 4 is 23.5 Å². The smallest absolute Gasteiger partial charge is 0.329 e. The molecule has 1 saturated heterocycles. The molecule has 0 unspecified atom stereocenters. The Morgan fingerprint density at radius 2 is 2.10 bits per heavy atom. The van der Waals surface area contributed by atoms with Gasteiger partial charge in [-0.05, 0) is 45.7 Å². The number of amides is 1. The molecule has 0 spiro atoms. The number of halogens is 1. The van der Waals surface area contributed by atoms with Gasteiger partial charge in [0.15, 0.2) is 0 Å². The molecule has 21 heavy (non-hydrogen) atoms. The summed E-state index contributed by atoms with van der Waals surface area (Å²) in [5.41, 5.74) is -0.276. The van der Waals surface area contributed by atoms with E-state index in [2.05, 4.69) is 4.98 Å². The van der Waals surface area contributed by atoms with Gasteiger partial charge in [-0.25, -0.2) is 9.78 Å². The molecule has 0 saturated carbocycles. The SMILES string of the molecule is CC(C)(C)OC(=O)[C@@H]1CCCN1C(=O)c1ccc(Cl)cn1. The van der Waals surface area contributed by atoms with Crippen molar-refractivity contribution in [3.63, 3.8) is 0 Å². The summed E-state index contributed by atoms with van der Waals surface area (Å²) >= 11 is 5.77. The minimum Gasteiger partial charge on any atom is -0.458 e. The highest BCUT2D eigenvalue weighted by atomic mass is 35.5. The maximum Gasteiger partial charge on any atom is 0.329 e. The first kappa shape index (κ1) is 15.8. The van der Waals surface area contributed by atoms with Crippen molar-refractivity contribution in [2.24, 2.45) is 0 Å². The van der Waals surface area contributed by atoms with Crippen LogP contribution in [-0.4, -0.2) is 39.9 Å². The Labute approximate surface area is 129 Å². The number of rotatable bonds is 2. The molecule has 2 rings (SSSR count). The van der Waals surface area contributed by atoms with E-state index in [4.69, 9.17) is 16.3 Å². The predicted octanol–water partition coefficient (Wildman–Crippen LogP) is 2.68. The maximum atomic E-state index is 12.5. The number of carbonyl (C=O) groups is 2. The molecule has 6 heteroatoms. The van der Waals surface area contributed by atoms with Crippen LogP contribution in [0.4, 0.5) is 0 Å². The molecule has 0 aliphatic carbocycles. The number of carbonyl (C=O) groups excluding carboxylic acids is 2. The number of aromatic nitrogens is 1. The summed E-state index contributed by atoms with van der Waals surface area (Å²) in [6, 6.07) is 2.64. The van der Waals surface area contributed by atoms with E-state index in [9.17, 15) is 9.59 Å². The van der Waals surface area contributed by atoms with Crippen LogP contribution >= 0.6 is 11.6 Å². The van der Waals surface area contributed by atoms with Gasteiger partial charge in [-0.3, -0.25) is 4.79 Å². The number of ether oxygens (including phenoxy) is 1. The van der Waals surface area contributed by atoms with Crippen molar-refractivity contribution in [1.82, 2.24) is 9.88 Å². The van der Waals surface area contributed by atoms with E-state index in [-0.39, 0.29) is 17.6 Å². The van der Waals surface area contributed by atoms with Gasteiger partial charge in [0.2, 0.25) is 0 Å². The second kappa shape index (κ2) is 6.02. The highest BCUT2D eigenvalue weighted by Crippen LogP contribution is 2.23. The van der Waals surface area contributed by atoms with E-state index >= 15 is 0 Å². The molecular weight excluding hydrogens is 292 g/mol. The number of hydrogen-bond donors (Lipinski definition) is 0. The Morgan fingerprint density at radius 3 is 2.67 bits per heavy atom. The van der Waals surface area contributed by atoms with Crippen LogP contribution in [0.1, 0.15) is 44.1 Å². The van der Waals surface area contributed by atoms with E-state index < -0.39 is 11.6 Å². The Hall–Kier alpha value is -1.62. The Kier molecular flexibility index (Phi) is 4.52. The molecule has 1 aliphatic rings. The van der Waals surface area contributed by atoms with Gasteiger partial charge in [-0.1, -0.05) is 11.6 Å². The van der Waals surface area contributed by atoms with E-state index in [0.717, 1.165) is 6.42 Å². The summed E-state index contributed by atoms with van der Waals surface area (Å²) in [6.45, 7) is 5.97. The average Bonchev–Trinajstić information content (AvgIpc) is 2.86. The van der Waals surface area contributed by atoms with E-state index in [1.54, 1.807) is 12.1 Å². The van der Waals surface area contributed by atoms with Crippen molar-refractivity contribution in [1.29, 1.82) is 0 Å². The summed E-state index contributed by atoms with van der Waals surface area (Å²) in [5, 5.41) is 0.469. The van der Waals surface area contributed by atoms with Crippen LogP contribution < -0.4 is 0 Å². The van der Waals surface area contributed by atoms with Gasteiger partial charge in [0, 0.05) is 12.7 Å². The fraction of sp³-hybridized carbons (Fsp3) is 0.533. The largest absolute Gasteiger partial charge is 0.458 e. The van der Waals surface area contributed by atoms with Gasteiger partial charge in [0.25, 0.3) is 5.91 Å². The molecule has 1 atom stereocenters. The first-order valence-corrected chi connectivity index (χ1v) is 7.31. The third-order valence-electron chi connectivity index (χ3n) is 3.14. The topological polar surface area (TPSA) is 59.5 Å². The molecule has 0 bridgehead atoms. The summed E-state index contributed by atoms with van der Waals surface area (Å²) in [6.07, 6.45) is 2.82. The third-order valence-corrected chi connectivity index (χ3v) is 3.36. The quantitative estimate of drug-likeness (QED) is 0.788. The summed E-state index contributed by atoms with van der Waals surface area (Å²) in [7, 11) is 0. The van der Waals surface area contributed by atoms with Crippen molar-refractivity contribution in [3.8, 4) is 0 Å². The lowest BCUT2D eigenvalue weighted by atomic mass is 10.1. The lowest BCUT2D eigenvalue weighted by Crippen LogP contribution is -2.43. The Morgan fingerprint density at radius 1 is 1.38 bits per heavy atom. The molecule has 0 aromatic carbocycles. The van der Waals surface area contributed by atoms with Crippen molar-refractivity contribution < 1.29 is 14.3 Å². The molecule has 2 heterocycles. The van der Waals surface area contributed by atoms with E-state index in [1.165, 1.54) is 11.1 Å². The van der Waals surface area contributed by atoms with Gasteiger partial charge in [0.05, 0.1) is 5.02 Å². The molecule has 0 N–H and O–H groups in total. The number of likely N-dealkylation sites (tertiary alicyclic amines) is 1. The molecule has 0 radical (unpaired) electrons. The fourth-order valence-electron chi connectivity index (χ4n) is 2.27. The van der Waals surface area contributed by atoms with Crippen molar-refractivity contribution in [2.75, 3.05) is 6.54 Å². The predicted molar refractivity (Wildman–Crippen MR) is 79.2 cm³/mol. The first-order valence-electron chi connectivity index (χ1n) is 6.93. The second-order valence-corrected chi connectivity index (χ2v) is 6.49. The lowest BCUT2D eigenvalue weighted by molar-refractivity contribution is -0.159. The van der Waals surface area contributed by atoms with Crippen LogP contribution in [0.5, 0.6) is 0 Å². The zero-order chi connectivity index (χ0) is 15.6. The number of hydrogen-bond acceptors (Lipinski definition) is 4. The monoisotopic (exact) mass is 310 g/mol. The zero-order valence-corrected chi connectivity index (χ0v) is 13.2. The standard InChI is InChI=1S/C15H19ClN2O3/c1-15(2,3)21-14(20)12-5-4-8-18(12)13(19)11-7-6-10(16)9-17-11/h6-7,9,12H,4-5,8H2,1-3H3/t12-/m0/s1. The van der Waals surface area contributed by atoms with Crippen LogP contribution in [0.15, 0.2) is 18.3 Å². The Balaban J connectivity index is 2.13. The van der Waals surface area contributed by atoms with E-state index in [0.29, 0.717) is 18.0 Å². The normalized spacial score (nSPS) is 18.7. The maximum absolute atomic E-state index is 12.5. The highest BCUT2D eigenvalue weighted by molar-refractivity contribution is 6.30. The van der Waals surface area contributed by atoms with Gasteiger partial charge < -0.3 is 9.64 Å². The molecule has 1 fully saturated rings. The number of nitrogens with zero attached hydrogens (tertiary/aromatic N) is 2. The third kappa shape index (κ3) is 3.94. The minimum absolute atomic E-state index is 0.264. The average molecular weight is 311 g/mol. The lowest BCUT2D eigenvalue weighted by Gasteiger charge is -2.27. The van der Waals surface area contributed by atoms with Crippen LogP contribution in [0.25, 0.3) is 0 Å². The van der Waals surface area contributed by atoms with Crippen LogP contribution in [-0.2, 0) is 9.53 Å². The minimum atomic E-state index is -0.563. The molecule has 1 aliphatic heterocycles. The van der Waals surface area contributed by atoms with Crippen LogP contribution in [0.3, 0.4) is 0 Å². The summed E-state index contributed by atoms with van der Waals surface area (Å²) in [5.74, 6) is -0.623. The van der Waals surface area contributed by atoms with Crippen LogP contribution in [0, 0.1) is 0 Å². The molecular formula is C15H19ClN2O3. The summed E-state index contributed by atoms with van der Waals surface area (Å²) in [4.78, 5) is 30.2. The fourth-order valence-corrected chi connectivity index (χ4v) is 2.39. The van der Waals surface area contributed by atoms with Crippen molar-refractivity contribution in [2.45, 2.75) is 45.3 Å². The molecule has 5 nitrogen and oxygen atoms in total. The zero-order valence-electron chi connectivity index (χ0n) is 12.4. The number of pyridine rings is 1. The molecule has 1 aromatic heterocycles. The summed E-state index contributed by atoms with van der Waals surface area (Å²) < 4.78 is 5.38. The highest BCUT2D eigenvalue weighted by Gasteiger charge is 2.37.